The molecule has 142 valence electrons. The van der Waals surface area contributed by atoms with E-state index in [1.54, 1.807) is 6.07 Å². The quantitative estimate of drug-likeness (QED) is 0.597. The SMILES string of the molecule is CCCCC1(c2ccccc2)NC(=O)N(Cc2ccc(C(=O)OC)o2)C1=O. The topological polar surface area (TPSA) is 88.8 Å². The van der Waals surface area contributed by atoms with Crippen LogP contribution in [0.4, 0.5) is 4.79 Å². The van der Waals surface area contributed by atoms with Crippen molar-refractivity contribution in [3.8, 4) is 0 Å². The van der Waals surface area contributed by atoms with E-state index in [4.69, 9.17) is 4.42 Å². The Bertz CT molecular complexity index is 845. The Morgan fingerprint density at radius 3 is 2.59 bits per heavy atom. The summed E-state index contributed by atoms with van der Waals surface area (Å²) in [4.78, 5) is 38.5. The molecule has 0 radical (unpaired) electrons. The largest absolute Gasteiger partial charge is 0.463 e. The molecule has 1 atom stereocenters. The monoisotopic (exact) mass is 370 g/mol. The first-order valence-electron chi connectivity index (χ1n) is 8.88. The van der Waals surface area contributed by atoms with Gasteiger partial charge in [0.2, 0.25) is 5.76 Å². The van der Waals surface area contributed by atoms with Gasteiger partial charge in [0.15, 0.2) is 0 Å². The van der Waals surface area contributed by atoms with Crippen molar-refractivity contribution >= 4 is 17.9 Å². The number of furan rings is 1. The van der Waals surface area contributed by atoms with Crippen LogP contribution in [0.2, 0.25) is 0 Å². The third-order valence-electron chi connectivity index (χ3n) is 4.71. The molecular weight excluding hydrogens is 348 g/mol. The van der Waals surface area contributed by atoms with Gasteiger partial charge < -0.3 is 14.5 Å². The molecule has 27 heavy (non-hydrogen) atoms. The molecule has 7 heteroatoms. The summed E-state index contributed by atoms with van der Waals surface area (Å²) in [5.41, 5.74) is -0.319. The van der Waals surface area contributed by atoms with E-state index in [0.717, 1.165) is 23.3 Å². The van der Waals surface area contributed by atoms with Crippen molar-refractivity contribution in [1.82, 2.24) is 10.2 Å². The molecule has 1 aliphatic rings. The molecule has 2 aromatic rings. The maximum atomic E-state index is 13.3. The zero-order chi connectivity index (χ0) is 19.4. The Morgan fingerprint density at radius 1 is 1.19 bits per heavy atom. The van der Waals surface area contributed by atoms with Gasteiger partial charge in [0.25, 0.3) is 5.91 Å². The first kappa shape index (κ1) is 18.7. The van der Waals surface area contributed by atoms with Gasteiger partial charge in [0.05, 0.1) is 13.7 Å². The molecule has 1 unspecified atom stereocenters. The number of carbonyl (C=O) groups excluding carboxylic acids is 3. The van der Waals surface area contributed by atoms with Crippen molar-refractivity contribution in [2.75, 3.05) is 7.11 Å². The van der Waals surface area contributed by atoms with Crippen LogP contribution in [-0.4, -0.2) is 29.9 Å². The summed E-state index contributed by atoms with van der Waals surface area (Å²) in [6, 6.07) is 11.8. The van der Waals surface area contributed by atoms with E-state index in [9.17, 15) is 14.4 Å². The molecule has 0 saturated carbocycles. The molecule has 1 fully saturated rings. The molecule has 7 nitrogen and oxygen atoms in total. The van der Waals surface area contributed by atoms with E-state index in [-0.39, 0.29) is 18.2 Å². The normalized spacial score (nSPS) is 19.3. The van der Waals surface area contributed by atoms with Crippen LogP contribution in [0.3, 0.4) is 0 Å². The number of urea groups is 1. The number of ether oxygens (including phenoxy) is 1. The minimum Gasteiger partial charge on any atom is -0.463 e. The highest BCUT2D eigenvalue weighted by Gasteiger charge is 2.51. The molecule has 1 aliphatic heterocycles. The first-order chi connectivity index (χ1) is 13.0. The third kappa shape index (κ3) is 3.45. The molecule has 2 heterocycles. The Labute approximate surface area is 157 Å². The zero-order valence-corrected chi connectivity index (χ0v) is 15.4. The number of nitrogens with zero attached hydrogens (tertiary/aromatic N) is 1. The van der Waals surface area contributed by atoms with Gasteiger partial charge in [0, 0.05) is 0 Å². The number of unbranched alkanes of at least 4 members (excludes halogenated alkanes) is 1. The molecule has 0 bridgehead atoms. The summed E-state index contributed by atoms with van der Waals surface area (Å²) in [6.07, 6.45) is 2.21. The first-order valence-corrected chi connectivity index (χ1v) is 8.88. The van der Waals surface area contributed by atoms with Crippen molar-refractivity contribution in [3.63, 3.8) is 0 Å². The Morgan fingerprint density at radius 2 is 1.93 bits per heavy atom. The number of hydrogen-bond acceptors (Lipinski definition) is 5. The molecule has 1 N–H and O–H groups in total. The molecule has 1 saturated heterocycles. The van der Waals surface area contributed by atoms with E-state index in [2.05, 4.69) is 10.1 Å². The number of hydrogen-bond donors (Lipinski definition) is 1. The lowest BCUT2D eigenvalue weighted by Crippen LogP contribution is -2.44. The molecule has 0 spiro atoms. The summed E-state index contributed by atoms with van der Waals surface area (Å²) in [5, 5.41) is 2.88. The Balaban J connectivity index is 1.88. The predicted octanol–water partition coefficient (Wildman–Crippen LogP) is 3.20. The van der Waals surface area contributed by atoms with Crippen LogP contribution >= 0.6 is 0 Å². The van der Waals surface area contributed by atoms with Crippen molar-refractivity contribution in [3.05, 3.63) is 59.5 Å². The molecule has 3 rings (SSSR count). The van der Waals surface area contributed by atoms with Crippen LogP contribution in [-0.2, 0) is 21.6 Å². The van der Waals surface area contributed by atoms with E-state index in [1.165, 1.54) is 13.2 Å². The highest BCUT2D eigenvalue weighted by molar-refractivity contribution is 6.07. The number of benzene rings is 1. The highest BCUT2D eigenvalue weighted by Crippen LogP contribution is 2.35. The molecular formula is C20H22N2O5. The van der Waals surface area contributed by atoms with Gasteiger partial charge in [0.1, 0.15) is 11.3 Å². The number of rotatable bonds is 7. The fraction of sp³-hybridized carbons (Fsp3) is 0.350. The number of nitrogens with one attached hydrogen (secondary N) is 1. The second-order valence-corrected chi connectivity index (χ2v) is 6.45. The standard InChI is InChI=1S/C20H22N2O5/c1-3-4-12-20(14-8-6-5-7-9-14)18(24)22(19(25)21-20)13-15-10-11-16(27-15)17(23)26-2/h5-11H,3-4,12-13H2,1-2H3,(H,21,25). The zero-order valence-electron chi connectivity index (χ0n) is 15.4. The van der Waals surface area contributed by atoms with Gasteiger partial charge in [-0.25, -0.2) is 9.59 Å². The maximum Gasteiger partial charge on any atom is 0.373 e. The van der Waals surface area contributed by atoms with Crippen LogP contribution in [0.15, 0.2) is 46.9 Å². The summed E-state index contributed by atoms with van der Waals surface area (Å²) >= 11 is 0. The van der Waals surface area contributed by atoms with Crippen LogP contribution < -0.4 is 5.32 Å². The highest BCUT2D eigenvalue weighted by atomic mass is 16.5. The van der Waals surface area contributed by atoms with Crippen LogP contribution in [0.5, 0.6) is 0 Å². The molecule has 3 amide bonds. The van der Waals surface area contributed by atoms with Crippen molar-refractivity contribution < 1.29 is 23.5 Å². The van der Waals surface area contributed by atoms with E-state index in [0.29, 0.717) is 12.2 Å². The fourth-order valence-corrected chi connectivity index (χ4v) is 3.27. The van der Waals surface area contributed by atoms with Crippen LogP contribution in [0.1, 0.15) is 48.1 Å². The molecule has 1 aromatic carbocycles. The maximum absolute atomic E-state index is 13.3. The second kappa shape index (κ2) is 7.65. The number of amides is 3. The lowest BCUT2D eigenvalue weighted by Gasteiger charge is -2.27. The summed E-state index contributed by atoms with van der Waals surface area (Å²) in [7, 11) is 1.25. The number of esters is 1. The van der Waals surface area contributed by atoms with Crippen molar-refractivity contribution in [2.45, 2.75) is 38.3 Å². The third-order valence-corrected chi connectivity index (χ3v) is 4.71. The summed E-state index contributed by atoms with van der Waals surface area (Å²) < 4.78 is 10.0. The minimum atomic E-state index is -1.08. The molecule has 1 aromatic heterocycles. The minimum absolute atomic E-state index is 0.0276. The van der Waals surface area contributed by atoms with Gasteiger partial charge in [-0.15, -0.1) is 0 Å². The van der Waals surface area contributed by atoms with Gasteiger partial charge in [-0.05, 0) is 24.1 Å². The number of methoxy groups -OCH3 is 1. The van der Waals surface area contributed by atoms with E-state index >= 15 is 0 Å². The van der Waals surface area contributed by atoms with Gasteiger partial charge in [-0.3, -0.25) is 9.69 Å². The molecule has 0 aliphatic carbocycles. The van der Waals surface area contributed by atoms with E-state index < -0.39 is 17.5 Å². The number of carbonyl (C=O) groups is 3. The lowest BCUT2D eigenvalue weighted by molar-refractivity contribution is -0.132. The Hall–Kier alpha value is -3.09. The predicted molar refractivity (Wildman–Crippen MR) is 96.8 cm³/mol. The van der Waals surface area contributed by atoms with Crippen molar-refractivity contribution in [1.29, 1.82) is 0 Å². The lowest BCUT2D eigenvalue weighted by atomic mass is 9.85. The average molecular weight is 370 g/mol. The van der Waals surface area contributed by atoms with E-state index in [1.807, 2.05) is 37.3 Å². The van der Waals surface area contributed by atoms with Crippen LogP contribution in [0.25, 0.3) is 0 Å². The summed E-state index contributed by atoms with van der Waals surface area (Å²) in [6.45, 7) is 1.98. The van der Waals surface area contributed by atoms with Crippen molar-refractivity contribution in [2.24, 2.45) is 0 Å². The average Bonchev–Trinajstić information content (AvgIpc) is 3.25. The van der Waals surface area contributed by atoms with Gasteiger partial charge >= 0.3 is 12.0 Å². The van der Waals surface area contributed by atoms with Crippen LogP contribution in [0, 0.1) is 0 Å². The summed E-state index contributed by atoms with van der Waals surface area (Å²) in [5.74, 6) is -0.568. The fourth-order valence-electron chi connectivity index (χ4n) is 3.27. The smallest absolute Gasteiger partial charge is 0.373 e. The second-order valence-electron chi connectivity index (χ2n) is 6.45. The number of imide groups is 1. The van der Waals surface area contributed by atoms with Gasteiger partial charge in [-0.1, -0.05) is 50.1 Å². The van der Waals surface area contributed by atoms with Gasteiger partial charge in [-0.2, -0.15) is 0 Å². The Kier molecular flexibility index (Phi) is 5.30.